The number of fused-ring (bicyclic) bond motifs is 1. The van der Waals surface area contributed by atoms with Crippen LogP contribution in [0.15, 0.2) is 53.4 Å². The Morgan fingerprint density at radius 3 is 2.45 bits per heavy atom. The number of sulfonamides is 1. The molecule has 154 valence electrons. The molecule has 2 aliphatic heterocycles. The molecule has 0 bridgehead atoms. The molecule has 1 amide bonds. The van der Waals surface area contributed by atoms with Crippen molar-refractivity contribution in [2.24, 2.45) is 0 Å². The van der Waals surface area contributed by atoms with Crippen molar-refractivity contribution < 1.29 is 17.9 Å². The van der Waals surface area contributed by atoms with Crippen LogP contribution < -0.4 is 0 Å². The van der Waals surface area contributed by atoms with Gasteiger partial charge in [0.15, 0.2) is 0 Å². The summed E-state index contributed by atoms with van der Waals surface area (Å²) in [5, 5.41) is 0. The normalized spacial score (nSPS) is 20.3. The Hall–Kier alpha value is -2.22. The third-order valence-corrected chi connectivity index (χ3v) is 7.64. The van der Waals surface area contributed by atoms with E-state index in [-0.39, 0.29) is 17.2 Å². The Kier molecular flexibility index (Phi) is 5.72. The molecule has 0 aliphatic carbocycles. The average molecular weight is 415 g/mol. The minimum atomic E-state index is -3.71. The number of carbonyl (C=O) groups excluding carboxylic acids is 1. The Morgan fingerprint density at radius 2 is 1.72 bits per heavy atom. The van der Waals surface area contributed by atoms with Gasteiger partial charge in [-0.3, -0.25) is 4.79 Å². The van der Waals surface area contributed by atoms with Crippen molar-refractivity contribution >= 4 is 15.9 Å². The van der Waals surface area contributed by atoms with Gasteiger partial charge in [-0.2, -0.15) is 4.31 Å². The van der Waals surface area contributed by atoms with Crippen LogP contribution in [0.4, 0.5) is 0 Å². The molecule has 0 N–H and O–H groups in total. The van der Waals surface area contributed by atoms with Crippen molar-refractivity contribution in [1.29, 1.82) is 0 Å². The Morgan fingerprint density at radius 1 is 1.03 bits per heavy atom. The predicted molar refractivity (Wildman–Crippen MR) is 110 cm³/mol. The molecular formula is C22H26N2O4S. The number of benzene rings is 2. The highest BCUT2D eigenvalue weighted by molar-refractivity contribution is 7.89. The van der Waals surface area contributed by atoms with E-state index in [2.05, 4.69) is 0 Å². The number of carbonyl (C=O) groups is 1. The topological polar surface area (TPSA) is 66.9 Å². The lowest BCUT2D eigenvalue weighted by Crippen LogP contribution is -2.45. The van der Waals surface area contributed by atoms with Gasteiger partial charge in [-0.25, -0.2) is 8.42 Å². The second kappa shape index (κ2) is 8.26. The average Bonchev–Trinajstić information content (AvgIpc) is 2.74. The summed E-state index contributed by atoms with van der Waals surface area (Å²) >= 11 is 0. The van der Waals surface area contributed by atoms with Gasteiger partial charge in [-0.1, -0.05) is 42.0 Å². The van der Waals surface area contributed by atoms with Gasteiger partial charge in [0.25, 0.3) is 0 Å². The molecule has 2 aromatic rings. The summed E-state index contributed by atoms with van der Waals surface area (Å²) < 4.78 is 33.8. The van der Waals surface area contributed by atoms with Gasteiger partial charge in [0, 0.05) is 26.1 Å². The molecule has 7 heteroatoms. The molecule has 1 fully saturated rings. The van der Waals surface area contributed by atoms with Crippen molar-refractivity contribution in [2.45, 2.75) is 30.7 Å². The first-order valence-corrected chi connectivity index (χ1v) is 11.4. The van der Waals surface area contributed by atoms with Crippen LogP contribution in [0.3, 0.4) is 0 Å². The number of hydrogen-bond acceptors (Lipinski definition) is 4. The van der Waals surface area contributed by atoms with Gasteiger partial charge in [0.05, 0.1) is 24.2 Å². The largest absolute Gasteiger partial charge is 0.378 e. The lowest BCUT2D eigenvalue weighted by atomic mass is 9.92. The minimum Gasteiger partial charge on any atom is -0.378 e. The van der Waals surface area contributed by atoms with Gasteiger partial charge in [0.2, 0.25) is 15.9 Å². The SMILES string of the molecule is Cc1ccc(S(=O)(=O)N2CCc3ccccc3[C@H]2CC(=O)N2CCOCC2)cc1. The quantitative estimate of drug-likeness (QED) is 0.771. The van der Waals surface area contributed by atoms with Crippen molar-refractivity contribution in [3.05, 3.63) is 65.2 Å². The van der Waals surface area contributed by atoms with Crippen LogP contribution in [-0.4, -0.2) is 56.4 Å². The third-order valence-electron chi connectivity index (χ3n) is 5.72. The molecule has 1 atom stereocenters. The summed E-state index contributed by atoms with van der Waals surface area (Å²) in [5.74, 6) is -0.0286. The number of rotatable bonds is 4. The molecule has 0 saturated carbocycles. The van der Waals surface area contributed by atoms with Gasteiger partial charge in [-0.05, 0) is 36.6 Å². The molecule has 0 aromatic heterocycles. The molecule has 0 spiro atoms. The lowest BCUT2D eigenvalue weighted by molar-refractivity contribution is -0.136. The summed E-state index contributed by atoms with van der Waals surface area (Å²) in [6.45, 7) is 4.46. The number of aryl methyl sites for hydroxylation is 1. The molecule has 29 heavy (non-hydrogen) atoms. The van der Waals surface area contributed by atoms with E-state index in [4.69, 9.17) is 4.74 Å². The van der Waals surface area contributed by atoms with E-state index >= 15 is 0 Å². The van der Waals surface area contributed by atoms with Crippen molar-refractivity contribution in [2.75, 3.05) is 32.8 Å². The Balaban J connectivity index is 1.68. The highest BCUT2D eigenvalue weighted by Crippen LogP contribution is 2.36. The zero-order valence-electron chi connectivity index (χ0n) is 16.6. The first kappa shape index (κ1) is 20.1. The molecule has 4 rings (SSSR count). The van der Waals surface area contributed by atoms with Crippen LogP contribution in [0.25, 0.3) is 0 Å². The molecule has 1 saturated heterocycles. The molecule has 0 unspecified atom stereocenters. The fourth-order valence-electron chi connectivity index (χ4n) is 4.08. The first-order valence-electron chi connectivity index (χ1n) is 9.98. The Labute approximate surface area is 172 Å². The summed E-state index contributed by atoms with van der Waals surface area (Å²) in [6.07, 6.45) is 0.783. The molecule has 0 radical (unpaired) electrons. The summed E-state index contributed by atoms with van der Waals surface area (Å²) in [4.78, 5) is 15.0. The van der Waals surface area contributed by atoms with E-state index in [0.29, 0.717) is 39.3 Å². The van der Waals surface area contributed by atoms with Crippen molar-refractivity contribution in [3.8, 4) is 0 Å². The van der Waals surface area contributed by atoms with E-state index in [9.17, 15) is 13.2 Å². The maximum atomic E-state index is 13.5. The fourth-order valence-corrected chi connectivity index (χ4v) is 5.69. The third kappa shape index (κ3) is 4.08. The molecule has 2 heterocycles. The summed E-state index contributed by atoms with van der Waals surface area (Å²) in [5.41, 5.74) is 3.05. The fraction of sp³-hybridized carbons (Fsp3) is 0.409. The van der Waals surface area contributed by atoms with E-state index in [1.54, 1.807) is 29.2 Å². The monoisotopic (exact) mass is 414 g/mol. The number of hydrogen-bond donors (Lipinski definition) is 0. The first-order chi connectivity index (χ1) is 14.0. The molecule has 2 aliphatic rings. The van der Waals surface area contributed by atoms with E-state index in [0.717, 1.165) is 16.7 Å². The van der Waals surface area contributed by atoms with E-state index < -0.39 is 16.1 Å². The molecular weight excluding hydrogens is 388 g/mol. The van der Waals surface area contributed by atoms with Gasteiger partial charge < -0.3 is 9.64 Å². The lowest BCUT2D eigenvalue weighted by Gasteiger charge is -2.37. The van der Waals surface area contributed by atoms with Crippen LogP contribution >= 0.6 is 0 Å². The maximum absolute atomic E-state index is 13.5. The minimum absolute atomic E-state index is 0.0286. The number of morpholine rings is 1. The van der Waals surface area contributed by atoms with Gasteiger partial charge in [0.1, 0.15) is 0 Å². The second-order valence-corrected chi connectivity index (χ2v) is 9.48. The van der Waals surface area contributed by atoms with E-state index in [1.165, 1.54) is 4.31 Å². The Bertz CT molecular complexity index is 982. The second-order valence-electron chi connectivity index (χ2n) is 7.59. The predicted octanol–water partition coefficient (Wildman–Crippen LogP) is 2.53. The summed E-state index contributed by atoms with van der Waals surface area (Å²) in [7, 11) is -3.71. The maximum Gasteiger partial charge on any atom is 0.243 e. The van der Waals surface area contributed by atoms with Crippen LogP contribution in [0, 0.1) is 6.92 Å². The molecule has 2 aromatic carbocycles. The van der Waals surface area contributed by atoms with Gasteiger partial charge >= 0.3 is 0 Å². The zero-order valence-corrected chi connectivity index (χ0v) is 17.4. The van der Waals surface area contributed by atoms with E-state index in [1.807, 2.05) is 31.2 Å². The number of ether oxygens (including phenoxy) is 1. The summed E-state index contributed by atoms with van der Waals surface area (Å²) in [6, 6.07) is 14.2. The number of amides is 1. The highest BCUT2D eigenvalue weighted by atomic mass is 32.2. The standard InChI is InChI=1S/C22H26N2O4S/c1-17-6-8-19(9-7-17)29(26,27)24-11-10-18-4-2-3-5-20(18)21(24)16-22(25)23-12-14-28-15-13-23/h2-9,21H,10-16H2,1H3/t21-/m1/s1. The van der Waals surface area contributed by atoms with Crippen LogP contribution in [0.5, 0.6) is 0 Å². The van der Waals surface area contributed by atoms with Gasteiger partial charge in [-0.15, -0.1) is 0 Å². The van der Waals surface area contributed by atoms with Crippen LogP contribution in [0.1, 0.15) is 29.2 Å². The van der Waals surface area contributed by atoms with Crippen LogP contribution in [0.2, 0.25) is 0 Å². The molecule has 6 nitrogen and oxygen atoms in total. The zero-order chi connectivity index (χ0) is 20.4. The smallest absolute Gasteiger partial charge is 0.243 e. The van der Waals surface area contributed by atoms with Crippen molar-refractivity contribution in [1.82, 2.24) is 9.21 Å². The van der Waals surface area contributed by atoms with Crippen molar-refractivity contribution in [3.63, 3.8) is 0 Å². The number of nitrogens with zero attached hydrogens (tertiary/aromatic N) is 2. The van der Waals surface area contributed by atoms with Crippen LogP contribution in [-0.2, 0) is 26.0 Å². The highest BCUT2D eigenvalue weighted by Gasteiger charge is 2.38.